The fourth-order valence-corrected chi connectivity index (χ4v) is 1.45. The first-order valence-electron chi connectivity index (χ1n) is 3.24. The summed E-state index contributed by atoms with van der Waals surface area (Å²) < 4.78 is 37.5. The summed E-state index contributed by atoms with van der Waals surface area (Å²) >= 11 is 8.11. The van der Waals surface area contributed by atoms with Crippen LogP contribution in [0.2, 0.25) is 0 Å². The molecule has 0 aliphatic heterocycles. The lowest BCUT2D eigenvalue weighted by molar-refractivity contribution is 0.149. The minimum atomic E-state index is -2.76. The molecule has 0 aliphatic carbocycles. The monoisotopic (exact) mass is 273 g/mol. The van der Waals surface area contributed by atoms with Crippen LogP contribution < -0.4 is 0 Å². The average Bonchev–Trinajstić information content (AvgIpc) is 2.09. The molecule has 1 aromatic heterocycles. The predicted molar refractivity (Wildman–Crippen MR) is 46.4 cm³/mol. The van der Waals surface area contributed by atoms with E-state index < -0.39 is 17.8 Å². The summed E-state index contributed by atoms with van der Waals surface area (Å²) in [7, 11) is 0. The van der Waals surface area contributed by atoms with Gasteiger partial charge in [0.25, 0.3) is 6.43 Å². The number of hydrogen-bond donors (Lipinski definition) is 0. The summed E-state index contributed by atoms with van der Waals surface area (Å²) in [6.07, 6.45) is -1.85. The zero-order valence-corrected chi connectivity index (χ0v) is 8.54. The van der Waals surface area contributed by atoms with Gasteiger partial charge in [-0.15, -0.1) is 11.6 Å². The Morgan fingerprint density at radius 2 is 2.15 bits per heavy atom. The third kappa shape index (κ3) is 2.14. The molecule has 0 unspecified atom stereocenters. The van der Waals surface area contributed by atoms with Crippen LogP contribution in [-0.2, 0) is 5.88 Å². The molecule has 0 fully saturated rings. The molecule has 13 heavy (non-hydrogen) atoms. The molecular weight excluding hydrogens is 270 g/mol. The molecular formula is C7H4BrClF3N. The van der Waals surface area contributed by atoms with Crippen molar-refractivity contribution >= 4 is 27.5 Å². The van der Waals surface area contributed by atoms with Crippen LogP contribution in [0.15, 0.2) is 10.8 Å². The van der Waals surface area contributed by atoms with Gasteiger partial charge < -0.3 is 0 Å². The predicted octanol–water partition coefficient (Wildman–Crippen LogP) is 3.66. The summed E-state index contributed by atoms with van der Waals surface area (Å²) in [6.45, 7) is 0. The second kappa shape index (κ2) is 4.28. The highest BCUT2D eigenvalue weighted by Gasteiger charge is 2.18. The van der Waals surface area contributed by atoms with E-state index in [9.17, 15) is 13.2 Å². The highest BCUT2D eigenvalue weighted by molar-refractivity contribution is 9.10. The largest absolute Gasteiger partial charge is 0.265 e. The van der Waals surface area contributed by atoms with Crippen molar-refractivity contribution in [3.05, 3.63) is 27.7 Å². The number of alkyl halides is 3. The number of rotatable bonds is 2. The third-order valence-corrected chi connectivity index (χ3v) is 2.30. The van der Waals surface area contributed by atoms with E-state index in [1.54, 1.807) is 0 Å². The normalized spacial score (nSPS) is 10.9. The van der Waals surface area contributed by atoms with Gasteiger partial charge in [0.1, 0.15) is 4.60 Å². The molecule has 1 nitrogen and oxygen atoms in total. The van der Waals surface area contributed by atoms with E-state index >= 15 is 0 Å². The Bertz CT molecular complexity index is 319. The molecule has 0 N–H and O–H groups in total. The van der Waals surface area contributed by atoms with Crippen LogP contribution in [0.3, 0.4) is 0 Å². The Labute approximate surface area is 86.0 Å². The van der Waals surface area contributed by atoms with E-state index in [2.05, 4.69) is 20.9 Å². The second-order valence-electron chi connectivity index (χ2n) is 2.23. The van der Waals surface area contributed by atoms with E-state index in [-0.39, 0.29) is 16.0 Å². The molecule has 0 atom stereocenters. The maximum atomic E-state index is 13.1. The van der Waals surface area contributed by atoms with Crippen LogP contribution in [0.5, 0.6) is 0 Å². The van der Waals surface area contributed by atoms with Gasteiger partial charge in [-0.2, -0.15) is 0 Å². The Hall–Kier alpha value is -0.290. The molecule has 72 valence electrons. The summed E-state index contributed by atoms with van der Waals surface area (Å²) in [5.41, 5.74) is -0.672. The zero-order chi connectivity index (χ0) is 10.0. The number of hydrogen-bond acceptors (Lipinski definition) is 1. The van der Waals surface area contributed by atoms with Gasteiger partial charge in [0, 0.05) is 17.3 Å². The molecule has 6 heteroatoms. The molecule has 0 amide bonds. The Morgan fingerprint density at radius 1 is 1.54 bits per heavy atom. The van der Waals surface area contributed by atoms with Gasteiger partial charge in [-0.05, 0) is 15.9 Å². The summed E-state index contributed by atoms with van der Waals surface area (Å²) in [5, 5.41) is 0. The maximum Gasteiger partial charge on any atom is 0.265 e. The first kappa shape index (κ1) is 10.8. The summed E-state index contributed by atoms with van der Waals surface area (Å²) in [6, 6.07) is 0. The smallest absolute Gasteiger partial charge is 0.246 e. The highest BCUT2D eigenvalue weighted by atomic mass is 79.9. The topological polar surface area (TPSA) is 12.9 Å². The molecule has 0 radical (unpaired) electrons. The molecule has 1 aromatic rings. The first-order valence-corrected chi connectivity index (χ1v) is 4.57. The lowest BCUT2D eigenvalue weighted by Gasteiger charge is -2.07. The van der Waals surface area contributed by atoms with Crippen molar-refractivity contribution in [2.24, 2.45) is 0 Å². The van der Waals surface area contributed by atoms with Gasteiger partial charge in [-0.3, -0.25) is 0 Å². The van der Waals surface area contributed by atoms with Crippen molar-refractivity contribution in [1.82, 2.24) is 4.98 Å². The SMILES string of the molecule is Fc1c(Br)ncc(C(F)F)c1CCl. The molecule has 1 rings (SSSR count). The van der Waals surface area contributed by atoms with Crippen LogP contribution in [-0.4, -0.2) is 4.98 Å². The lowest BCUT2D eigenvalue weighted by Crippen LogP contribution is -1.99. The number of nitrogens with zero attached hydrogens (tertiary/aromatic N) is 1. The molecule has 0 aliphatic rings. The minimum absolute atomic E-state index is 0.104. The van der Waals surface area contributed by atoms with Gasteiger partial charge in [0.15, 0.2) is 5.82 Å². The number of halogens is 5. The summed E-state index contributed by atoms with van der Waals surface area (Å²) in [4.78, 5) is 3.41. The van der Waals surface area contributed by atoms with Crippen LogP contribution in [0.1, 0.15) is 17.6 Å². The standard InChI is InChI=1S/C7H4BrClF3N/c8-6-5(10)3(1-9)4(2-13-6)7(11)12/h2,7H,1H2. The third-order valence-electron chi connectivity index (χ3n) is 1.48. The van der Waals surface area contributed by atoms with Crippen molar-refractivity contribution < 1.29 is 13.2 Å². The first-order chi connectivity index (χ1) is 6.07. The Kier molecular flexibility index (Phi) is 3.55. The molecule has 0 spiro atoms. The van der Waals surface area contributed by atoms with Crippen LogP contribution in [0.4, 0.5) is 13.2 Å². The fraction of sp³-hybridized carbons (Fsp3) is 0.286. The molecule has 0 aromatic carbocycles. The van der Waals surface area contributed by atoms with Gasteiger partial charge in [0.2, 0.25) is 0 Å². The quantitative estimate of drug-likeness (QED) is 0.592. The van der Waals surface area contributed by atoms with Crippen LogP contribution in [0.25, 0.3) is 0 Å². The fourth-order valence-electron chi connectivity index (χ4n) is 0.836. The van der Waals surface area contributed by atoms with Gasteiger partial charge in [-0.25, -0.2) is 18.2 Å². The Morgan fingerprint density at radius 3 is 2.62 bits per heavy atom. The zero-order valence-electron chi connectivity index (χ0n) is 6.20. The van der Waals surface area contributed by atoms with Crippen LogP contribution >= 0.6 is 27.5 Å². The maximum absolute atomic E-state index is 13.1. The van der Waals surface area contributed by atoms with Gasteiger partial charge >= 0.3 is 0 Å². The number of aromatic nitrogens is 1. The highest BCUT2D eigenvalue weighted by Crippen LogP contribution is 2.28. The van der Waals surface area contributed by atoms with Crippen molar-refractivity contribution in [3.63, 3.8) is 0 Å². The molecule has 0 saturated carbocycles. The van der Waals surface area contributed by atoms with Crippen molar-refractivity contribution in [2.75, 3.05) is 0 Å². The van der Waals surface area contributed by atoms with Crippen LogP contribution in [0, 0.1) is 5.82 Å². The molecule has 0 bridgehead atoms. The van der Waals surface area contributed by atoms with E-state index in [4.69, 9.17) is 11.6 Å². The lowest BCUT2D eigenvalue weighted by atomic mass is 10.1. The van der Waals surface area contributed by atoms with Gasteiger partial charge in [0.05, 0.1) is 5.88 Å². The van der Waals surface area contributed by atoms with Crippen molar-refractivity contribution in [1.29, 1.82) is 0 Å². The van der Waals surface area contributed by atoms with Crippen molar-refractivity contribution in [2.45, 2.75) is 12.3 Å². The van der Waals surface area contributed by atoms with E-state index in [1.807, 2.05) is 0 Å². The van der Waals surface area contributed by atoms with E-state index in [0.717, 1.165) is 6.20 Å². The van der Waals surface area contributed by atoms with Crippen molar-refractivity contribution in [3.8, 4) is 0 Å². The Balaban J connectivity index is 3.30. The van der Waals surface area contributed by atoms with E-state index in [1.165, 1.54) is 0 Å². The summed E-state index contributed by atoms with van der Waals surface area (Å²) in [5.74, 6) is -1.13. The van der Waals surface area contributed by atoms with E-state index in [0.29, 0.717) is 0 Å². The van der Waals surface area contributed by atoms with Gasteiger partial charge in [-0.1, -0.05) is 0 Å². The minimum Gasteiger partial charge on any atom is -0.246 e. The molecule has 1 heterocycles. The number of pyridine rings is 1. The second-order valence-corrected chi connectivity index (χ2v) is 3.25. The molecule has 0 saturated heterocycles. The average molecular weight is 274 g/mol.